The molecule has 0 unspecified atom stereocenters. The summed E-state index contributed by atoms with van der Waals surface area (Å²) in [5, 5.41) is 2.73. The Labute approximate surface area is 212 Å². The van der Waals surface area contributed by atoms with E-state index < -0.39 is 30.5 Å². The number of likely N-dealkylation sites (tertiary alicyclic amines) is 1. The molecule has 2 amide bonds. The fraction of sp³-hybridized carbons (Fsp3) is 0.654. The maximum atomic E-state index is 13.7. The van der Waals surface area contributed by atoms with Gasteiger partial charge in [0.1, 0.15) is 11.9 Å². The van der Waals surface area contributed by atoms with Gasteiger partial charge in [0.05, 0.1) is 35.4 Å². The first-order chi connectivity index (χ1) is 16.8. The molecule has 1 aliphatic carbocycles. The minimum atomic E-state index is -0.659. The van der Waals surface area contributed by atoms with Crippen LogP contribution < -0.4 is 10.8 Å². The molecule has 1 saturated carbocycles. The van der Waals surface area contributed by atoms with Crippen LogP contribution in [0.25, 0.3) is 11.0 Å². The molecule has 2 atom stereocenters. The molecule has 2 aliphatic heterocycles. The minimum absolute atomic E-state index is 0.0776. The normalized spacial score (nSPS) is 24.5. The van der Waals surface area contributed by atoms with Crippen LogP contribution in [-0.4, -0.2) is 64.9 Å². The quantitative estimate of drug-likeness (QED) is 0.616. The van der Waals surface area contributed by atoms with Gasteiger partial charge in [-0.05, 0) is 75.9 Å². The SMILES string of the molecule is COC(=O)N[C@H](C(=O)N1CC2(CC2)C[C@H]1c1nc2ccc(B3OC(C)(C)C(C)(C)O3)cc2[nH]1)C(C)C. The number of carbonyl (C=O) groups excluding carboxylic acids is 2. The van der Waals surface area contributed by atoms with Crippen molar-refractivity contribution in [1.29, 1.82) is 0 Å². The molecule has 1 aromatic carbocycles. The summed E-state index contributed by atoms with van der Waals surface area (Å²) in [7, 11) is 0.850. The number of alkyl carbamates (subject to hydrolysis) is 1. The highest BCUT2D eigenvalue weighted by molar-refractivity contribution is 6.62. The molecular weight excluding hydrogens is 459 g/mol. The molecule has 2 N–H and O–H groups in total. The number of fused-ring (bicyclic) bond motifs is 1. The van der Waals surface area contributed by atoms with Crippen molar-refractivity contribution in [3.8, 4) is 0 Å². The lowest BCUT2D eigenvalue weighted by molar-refractivity contribution is -0.135. The number of imidazole rings is 1. The topological polar surface area (TPSA) is 106 Å². The predicted octanol–water partition coefficient (Wildman–Crippen LogP) is 3.30. The van der Waals surface area contributed by atoms with Crippen LogP contribution in [0, 0.1) is 11.3 Å². The van der Waals surface area contributed by atoms with E-state index in [1.54, 1.807) is 0 Å². The van der Waals surface area contributed by atoms with Gasteiger partial charge in [0.25, 0.3) is 0 Å². The van der Waals surface area contributed by atoms with Gasteiger partial charge >= 0.3 is 13.2 Å². The molecule has 1 spiro atoms. The number of aromatic amines is 1. The number of hydrogen-bond donors (Lipinski definition) is 2. The molecule has 9 nitrogen and oxygen atoms in total. The molecule has 10 heteroatoms. The first-order valence-corrected chi connectivity index (χ1v) is 12.8. The van der Waals surface area contributed by atoms with Crippen molar-refractivity contribution in [2.45, 2.75) is 84.1 Å². The second kappa shape index (κ2) is 8.48. The van der Waals surface area contributed by atoms with Crippen LogP contribution >= 0.6 is 0 Å². The molecule has 0 bridgehead atoms. The zero-order valence-corrected chi connectivity index (χ0v) is 22.3. The van der Waals surface area contributed by atoms with E-state index in [1.165, 1.54) is 7.11 Å². The molecule has 2 saturated heterocycles. The van der Waals surface area contributed by atoms with E-state index in [9.17, 15) is 9.59 Å². The smallest absolute Gasteiger partial charge is 0.453 e. The molecule has 194 valence electrons. The van der Waals surface area contributed by atoms with E-state index in [-0.39, 0.29) is 23.3 Å². The number of rotatable bonds is 5. The number of amides is 2. The number of carbonyl (C=O) groups is 2. The van der Waals surface area contributed by atoms with Crippen molar-refractivity contribution in [1.82, 2.24) is 20.2 Å². The Morgan fingerprint density at radius 3 is 2.44 bits per heavy atom. The lowest BCUT2D eigenvalue weighted by atomic mass is 9.79. The van der Waals surface area contributed by atoms with Crippen molar-refractivity contribution in [2.24, 2.45) is 11.3 Å². The fourth-order valence-electron chi connectivity index (χ4n) is 5.28. The van der Waals surface area contributed by atoms with Gasteiger partial charge in [-0.3, -0.25) is 4.79 Å². The molecule has 2 aromatic rings. The largest absolute Gasteiger partial charge is 0.494 e. The summed E-state index contributed by atoms with van der Waals surface area (Å²) in [6, 6.07) is 5.16. The van der Waals surface area contributed by atoms with Crippen molar-refractivity contribution >= 4 is 35.6 Å². The molecule has 3 fully saturated rings. The van der Waals surface area contributed by atoms with Gasteiger partial charge < -0.3 is 29.2 Å². The molecule has 0 radical (unpaired) electrons. The Hall–Kier alpha value is -2.59. The summed E-state index contributed by atoms with van der Waals surface area (Å²) in [6.07, 6.45) is 2.48. The molecular formula is C26H37BN4O5. The van der Waals surface area contributed by atoms with E-state index in [4.69, 9.17) is 19.0 Å². The molecule has 3 aliphatic rings. The van der Waals surface area contributed by atoms with Gasteiger partial charge in [0.15, 0.2) is 0 Å². The number of H-pyrrole nitrogens is 1. The molecule has 36 heavy (non-hydrogen) atoms. The van der Waals surface area contributed by atoms with Crippen LogP contribution in [0.3, 0.4) is 0 Å². The van der Waals surface area contributed by atoms with Gasteiger partial charge in [-0.2, -0.15) is 0 Å². The number of methoxy groups -OCH3 is 1. The number of hydrogen-bond acceptors (Lipinski definition) is 6. The minimum Gasteiger partial charge on any atom is -0.453 e. The lowest BCUT2D eigenvalue weighted by Crippen LogP contribution is -2.51. The fourth-order valence-corrected chi connectivity index (χ4v) is 5.28. The van der Waals surface area contributed by atoms with Gasteiger partial charge in [0, 0.05) is 6.54 Å². The molecule has 5 rings (SSSR count). The van der Waals surface area contributed by atoms with Gasteiger partial charge in [-0.1, -0.05) is 19.9 Å². The van der Waals surface area contributed by atoms with E-state index in [2.05, 4.69) is 10.3 Å². The maximum absolute atomic E-state index is 13.7. The number of nitrogens with zero attached hydrogens (tertiary/aromatic N) is 2. The van der Waals surface area contributed by atoms with Gasteiger partial charge in [-0.25, -0.2) is 9.78 Å². The highest BCUT2D eigenvalue weighted by Gasteiger charge is 2.55. The summed E-state index contributed by atoms with van der Waals surface area (Å²) in [5.41, 5.74) is 1.97. The number of nitrogens with one attached hydrogen (secondary N) is 2. The van der Waals surface area contributed by atoms with Crippen molar-refractivity contribution in [3.63, 3.8) is 0 Å². The molecule has 3 heterocycles. The third-order valence-electron chi connectivity index (χ3n) is 8.51. The summed E-state index contributed by atoms with van der Waals surface area (Å²) < 4.78 is 17.2. The first kappa shape index (κ1) is 25.1. The Balaban J connectivity index is 1.42. The maximum Gasteiger partial charge on any atom is 0.494 e. The molecule has 1 aromatic heterocycles. The number of ether oxygens (including phenoxy) is 1. The Kier molecular flexibility index (Phi) is 5.91. The third-order valence-corrected chi connectivity index (χ3v) is 8.51. The Bertz CT molecular complexity index is 1170. The number of benzene rings is 1. The van der Waals surface area contributed by atoms with Crippen molar-refractivity contribution < 1.29 is 23.6 Å². The zero-order valence-electron chi connectivity index (χ0n) is 22.3. The highest BCUT2D eigenvalue weighted by Crippen LogP contribution is 2.58. The van der Waals surface area contributed by atoms with E-state index in [0.717, 1.165) is 41.6 Å². The number of aromatic nitrogens is 2. The highest BCUT2D eigenvalue weighted by atomic mass is 16.7. The first-order valence-electron chi connectivity index (χ1n) is 12.8. The van der Waals surface area contributed by atoms with E-state index in [0.29, 0.717) is 6.54 Å². The van der Waals surface area contributed by atoms with Crippen molar-refractivity contribution in [2.75, 3.05) is 13.7 Å². The van der Waals surface area contributed by atoms with Crippen molar-refractivity contribution in [3.05, 3.63) is 24.0 Å². The van der Waals surface area contributed by atoms with Crippen LogP contribution in [0.1, 0.15) is 72.7 Å². The monoisotopic (exact) mass is 496 g/mol. The average Bonchev–Trinajstić information content (AvgIpc) is 3.16. The Morgan fingerprint density at radius 2 is 1.86 bits per heavy atom. The summed E-state index contributed by atoms with van der Waals surface area (Å²) in [6.45, 7) is 12.7. The summed E-state index contributed by atoms with van der Waals surface area (Å²) in [4.78, 5) is 35.9. The van der Waals surface area contributed by atoms with Gasteiger partial charge in [-0.15, -0.1) is 0 Å². The van der Waals surface area contributed by atoms with E-state index >= 15 is 0 Å². The van der Waals surface area contributed by atoms with Crippen LogP contribution in [0.4, 0.5) is 4.79 Å². The zero-order chi connectivity index (χ0) is 26.0. The summed E-state index contributed by atoms with van der Waals surface area (Å²) in [5.74, 6) is 0.599. The van der Waals surface area contributed by atoms with Crippen LogP contribution in [0.5, 0.6) is 0 Å². The second-order valence-corrected chi connectivity index (χ2v) is 12.0. The second-order valence-electron chi connectivity index (χ2n) is 12.0. The van der Waals surface area contributed by atoms with Crippen LogP contribution in [-0.2, 0) is 18.8 Å². The van der Waals surface area contributed by atoms with Crippen LogP contribution in [0.15, 0.2) is 18.2 Å². The lowest BCUT2D eigenvalue weighted by Gasteiger charge is -2.32. The predicted molar refractivity (Wildman–Crippen MR) is 137 cm³/mol. The third kappa shape index (κ3) is 4.28. The summed E-state index contributed by atoms with van der Waals surface area (Å²) >= 11 is 0. The van der Waals surface area contributed by atoms with E-state index in [1.807, 2.05) is 64.6 Å². The van der Waals surface area contributed by atoms with Gasteiger partial charge in [0.2, 0.25) is 5.91 Å². The Morgan fingerprint density at radius 1 is 1.19 bits per heavy atom. The average molecular weight is 496 g/mol. The van der Waals surface area contributed by atoms with Crippen LogP contribution in [0.2, 0.25) is 0 Å². The standard InChI is InChI=1S/C26H37BN4O5/c1-15(2)20(30-23(33)34-7)22(32)31-14-26(10-11-26)13-19(31)21-28-17-9-8-16(12-18(17)29-21)27-35-24(3,4)25(5,6)36-27/h8-9,12,15,19-20H,10-11,13-14H2,1-7H3,(H,28,29)(H,30,33)/t19-,20-/m0/s1.